The molecule has 0 spiro atoms. The average Bonchev–Trinajstić information content (AvgIpc) is 3.20. The molecule has 0 aromatic rings. The SMILES string of the molecule is CCCCCCCCCCCCCCC(C)(CO)CN1CCOCCOCCN(CC(C)(CO)CCCCCCCCCCCCCC)CCOCCOCC1. The second-order valence-electron chi connectivity index (χ2n) is 18.2. The molecule has 1 aliphatic rings. The zero-order valence-corrected chi connectivity index (χ0v) is 38.1. The van der Waals surface area contributed by atoms with Crippen LogP contribution in [0.25, 0.3) is 0 Å². The van der Waals surface area contributed by atoms with Crippen LogP contribution in [0.2, 0.25) is 0 Å². The van der Waals surface area contributed by atoms with Gasteiger partial charge in [0, 0.05) is 63.3 Å². The lowest BCUT2D eigenvalue weighted by Crippen LogP contribution is -2.42. The summed E-state index contributed by atoms with van der Waals surface area (Å²) < 4.78 is 24.1. The zero-order chi connectivity index (χ0) is 40.7. The van der Waals surface area contributed by atoms with Crippen LogP contribution in [0.3, 0.4) is 0 Å². The first-order valence-corrected chi connectivity index (χ1v) is 24.4. The lowest BCUT2D eigenvalue weighted by Gasteiger charge is -2.35. The van der Waals surface area contributed by atoms with Gasteiger partial charge < -0.3 is 29.2 Å². The maximum absolute atomic E-state index is 10.4. The maximum Gasteiger partial charge on any atom is 0.0701 e. The van der Waals surface area contributed by atoms with Gasteiger partial charge in [-0.3, -0.25) is 9.80 Å². The molecule has 0 bridgehead atoms. The van der Waals surface area contributed by atoms with E-state index in [1.807, 2.05) is 0 Å². The molecule has 8 heteroatoms. The van der Waals surface area contributed by atoms with Crippen LogP contribution in [-0.2, 0) is 18.9 Å². The largest absolute Gasteiger partial charge is 0.396 e. The van der Waals surface area contributed by atoms with E-state index in [1.165, 1.54) is 154 Å². The van der Waals surface area contributed by atoms with Crippen molar-refractivity contribution in [3.63, 3.8) is 0 Å². The van der Waals surface area contributed by atoms with E-state index in [-0.39, 0.29) is 24.0 Å². The number of hydrogen-bond acceptors (Lipinski definition) is 8. The molecule has 1 fully saturated rings. The van der Waals surface area contributed by atoms with Crippen molar-refractivity contribution in [3.8, 4) is 0 Å². The summed E-state index contributed by atoms with van der Waals surface area (Å²) in [4.78, 5) is 4.82. The van der Waals surface area contributed by atoms with E-state index in [4.69, 9.17) is 18.9 Å². The molecule has 1 saturated heterocycles. The standard InChI is InChI=1S/C48H98N2O6/c1-5-7-9-11-13-15-17-19-21-23-25-27-29-47(3,45-51)43-49-31-35-53-39-41-55-37-33-50(34-38-56-42-40-54-36-32-49)44-48(4,46-52)30-28-26-24-22-20-18-16-14-12-10-8-6-2/h51-52H,5-46H2,1-4H3. The van der Waals surface area contributed by atoms with E-state index < -0.39 is 0 Å². The van der Waals surface area contributed by atoms with Crippen molar-refractivity contribution in [1.29, 1.82) is 0 Å². The number of hydrogen-bond donors (Lipinski definition) is 2. The summed E-state index contributed by atoms with van der Waals surface area (Å²) in [6.45, 7) is 19.4. The minimum Gasteiger partial charge on any atom is -0.396 e. The number of unbranched alkanes of at least 4 members (excludes halogenated alkanes) is 22. The normalized spacial score (nSPS) is 19.0. The van der Waals surface area contributed by atoms with E-state index in [9.17, 15) is 10.2 Å². The Morgan fingerprint density at radius 2 is 0.589 bits per heavy atom. The van der Waals surface area contributed by atoms with Crippen molar-refractivity contribution < 1.29 is 29.2 Å². The first-order valence-electron chi connectivity index (χ1n) is 24.4. The van der Waals surface area contributed by atoms with E-state index >= 15 is 0 Å². The number of aliphatic hydroxyl groups is 2. The molecule has 1 rings (SSSR count). The van der Waals surface area contributed by atoms with Gasteiger partial charge in [0.2, 0.25) is 0 Å². The minimum absolute atomic E-state index is 0.119. The van der Waals surface area contributed by atoms with Gasteiger partial charge >= 0.3 is 0 Å². The monoisotopic (exact) mass is 799 g/mol. The predicted molar refractivity (Wildman–Crippen MR) is 238 cm³/mol. The van der Waals surface area contributed by atoms with Crippen molar-refractivity contribution in [3.05, 3.63) is 0 Å². The van der Waals surface area contributed by atoms with Gasteiger partial charge in [-0.15, -0.1) is 0 Å². The molecule has 1 heterocycles. The molecule has 2 N–H and O–H groups in total. The van der Waals surface area contributed by atoms with E-state index in [2.05, 4.69) is 37.5 Å². The van der Waals surface area contributed by atoms with Crippen LogP contribution in [0.1, 0.15) is 195 Å². The third-order valence-electron chi connectivity index (χ3n) is 12.2. The van der Waals surface area contributed by atoms with Gasteiger partial charge in [0.1, 0.15) is 0 Å². The second kappa shape index (κ2) is 38.9. The lowest BCUT2D eigenvalue weighted by atomic mass is 9.84. The van der Waals surface area contributed by atoms with Gasteiger partial charge in [0.25, 0.3) is 0 Å². The van der Waals surface area contributed by atoms with Crippen molar-refractivity contribution >= 4 is 0 Å². The molecule has 56 heavy (non-hydrogen) atoms. The molecule has 8 nitrogen and oxygen atoms in total. The number of rotatable bonds is 32. The molecular weight excluding hydrogens is 701 g/mol. The highest BCUT2D eigenvalue weighted by Gasteiger charge is 2.27. The lowest BCUT2D eigenvalue weighted by molar-refractivity contribution is -0.00835. The Kier molecular flexibility index (Phi) is 37.3. The van der Waals surface area contributed by atoms with Gasteiger partial charge in [0.15, 0.2) is 0 Å². The molecule has 0 radical (unpaired) electrons. The summed E-state index contributed by atoms with van der Waals surface area (Å²) in [6.07, 6.45) is 34.5. The van der Waals surface area contributed by atoms with Gasteiger partial charge in [0.05, 0.1) is 52.9 Å². The van der Waals surface area contributed by atoms with Crippen LogP contribution in [0.4, 0.5) is 0 Å². The molecule has 1 aliphatic heterocycles. The summed E-state index contributed by atoms with van der Waals surface area (Å²) >= 11 is 0. The Labute approximate surface area is 348 Å². The topological polar surface area (TPSA) is 83.9 Å². The number of nitrogens with zero attached hydrogens (tertiary/aromatic N) is 2. The summed E-state index contributed by atoms with van der Waals surface area (Å²) in [5.41, 5.74) is -0.237. The molecule has 0 aromatic heterocycles. The van der Waals surface area contributed by atoms with Crippen LogP contribution in [0, 0.1) is 10.8 Å². The number of ether oxygens (including phenoxy) is 4. The molecule has 2 atom stereocenters. The van der Waals surface area contributed by atoms with Crippen LogP contribution in [0.15, 0.2) is 0 Å². The highest BCUT2D eigenvalue weighted by Crippen LogP contribution is 2.27. The Balaban J connectivity index is 2.37. The maximum atomic E-state index is 10.4. The first-order chi connectivity index (χ1) is 27.4. The van der Waals surface area contributed by atoms with Gasteiger partial charge in [-0.1, -0.05) is 182 Å². The summed E-state index contributed by atoms with van der Waals surface area (Å²) in [7, 11) is 0. The van der Waals surface area contributed by atoms with Crippen LogP contribution >= 0.6 is 0 Å². The summed E-state index contributed by atoms with van der Waals surface area (Å²) in [6, 6.07) is 0. The van der Waals surface area contributed by atoms with Crippen LogP contribution in [-0.4, -0.2) is 125 Å². The molecule has 0 amide bonds. The van der Waals surface area contributed by atoms with Crippen LogP contribution < -0.4 is 0 Å². The fraction of sp³-hybridized carbons (Fsp3) is 1.00. The van der Waals surface area contributed by atoms with E-state index in [0.29, 0.717) is 52.9 Å². The molecule has 0 aromatic carbocycles. The number of aliphatic hydroxyl groups excluding tert-OH is 2. The van der Waals surface area contributed by atoms with Crippen molar-refractivity contribution in [2.45, 2.75) is 195 Å². The molecular formula is C48H98N2O6. The van der Waals surface area contributed by atoms with Gasteiger partial charge in [-0.25, -0.2) is 0 Å². The summed E-state index contributed by atoms with van der Waals surface area (Å²) in [5, 5.41) is 20.9. The highest BCUT2D eigenvalue weighted by molar-refractivity contribution is 4.80. The van der Waals surface area contributed by atoms with Crippen molar-refractivity contribution in [1.82, 2.24) is 9.80 Å². The summed E-state index contributed by atoms with van der Waals surface area (Å²) in [5.74, 6) is 0. The smallest absolute Gasteiger partial charge is 0.0701 e. The quantitative estimate of drug-likeness (QED) is 0.0651. The fourth-order valence-corrected chi connectivity index (χ4v) is 8.24. The van der Waals surface area contributed by atoms with Crippen molar-refractivity contribution in [2.75, 3.05) is 105 Å². The highest BCUT2D eigenvalue weighted by atomic mass is 16.5. The Morgan fingerprint density at radius 3 is 0.821 bits per heavy atom. The molecule has 0 aliphatic carbocycles. The van der Waals surface area contributed by atoms with E-state index in [0.717, 1.165) is 52.1 Å². The third-order valence-corrected chi connectivity index (χ3v) is 12.2. The van der Waals surface area contributed by atoms with Crippen molar-refractivity contribution in [2.24, 2.45) is 10.8 Å². The predicted octanol–water partition coefficient (Wildman–Crippen LogP) is 10.8. The first kappa shape index (κ1) is 53.7. The minimum atomic E-state index is -0.119. The van der Waals surface area contributed by atoms with Gasteiger partial charge in [-0.05, 0) is 12.8 Å². The second-order valence-corrected chi connectivity index (χ2v) is 18.2. The molecule has 0 saturated carbocycles. The van der Waals surface area contributed by atoms with E-state index in [1.54, 1.807) is 0 Å². The Morgan fingerprint density at radius 1 is 0.357 bits per heavy atom. The fourth-order valence-electron chi connectivity index (χ4n) is 8.24. The third kappa shape index (κ3) is 32.5. The molecule has 2 unspecified atom stereocenters. The average molecular weight is 799 g/mol. The Bertz CT molecular complexity index is 724. The molecule has 336 valence electrons. The van der Waals surface area contributed by atoms with Gasteiger partial charge in [-0.2, -0.15) is 0 Å². The Hall–Kier alpha value is -0.320. The zero-order valence-electron chi connectivity index (χ0n) is 38.1. The van der Waals surface area contributed by atoms with Crippen LogP contribution in [0.5, 0.6) is 0 Å².